The maximum absolute atomic E-state index is 12.3. The quantitative estimate of drug-likeness (QED) is 0.580. The van der Waals surface area contributed by atoms with E-state index in [4.69, 9.17) is 9.84 Å². The van der Waals surface area contributed by atoms with Gasteiger partial charge in [-0.05, 0) is 30.7 Å². The molecule has 0 spiro atoms. The van der Waals surface area contributed by atoms with Gasteiger partial charge in [0.05, 0.1) is 11.5 Å². The molecule has 1 rings (SSSR count). The van der Waals surface area contributed by atoms with Gasteiger partial charge in [0.25, 0.3) is 0 Å². The van der Waals surface area contributed by atoms with Gasteiger partial charge >= 0.3 is 5.97 Å². The third-order valence-electron chi connectivity index (χ3n) is 2.76. The lowest BCUT2D eigenvalue weighted by molar-refractivity contribution is -0.131. The van der Waals surface area contributed by atoms with E-state index in [1.165, 1.54) is 29.6 Å². The summed E-state index contributed by atoms with van der Waals surface area (Å²) in [6.45, 7) is 3.00. The number of benzene rings is 1. The van der Waals surface area contributed by atoms with Crippen LogP contribution in [0.4, 0.5) is 0 Å². The average molecular weight is 313 g/mol. The normalized spacial score (nSPS) is 12.1. The molecule has 1 N–H and O–H groups in total. The van der Waals surface area contributed by atoms with Crippen LogP contribution < -0.4 is 0 Å². The average Bonchev–Trinajstić information content (AvgIpc) is 2.45. The molecule has 0 saturated heterocycles. The van der Waals surface area contributed by atoms with Crippen LogP contribution in [0.25, 0.3) is 6.08 Å². The lowest BCUT2D eigenvalue weighted by Gasteiger charge is -2.17. The first-order valence-corrected chi connectivity index (χ1v) is 7.87. The second kappa shape index (κ2) is 7.92. The SMILES string of the molecule is CCOCCN(C)S(=O)(=O)c1ccc(/C=C/C(=O)O)cc1. The third-order valence-corrected chi connectivity index (χ3v) is 4.63. The van der Waals surface area contributed by atoms with Gasteiger partial charge in [-0.2, -0.15) is 4.31 Å². The summed E-state index contributed by atoms with van der Waals surface area (Å²) in [7, 11) is -2.06. The number of likely N-dealkylation sites (N-methyl/N-ethyl adjacent to an activating group) is 1. The van der Waals surface area contributed by atoms with Gasteiger partial charge in [0.2, 0.25) is 10.0 Å². The third kappa shape index (κ3) is 5.30. The first-order valence-electron chi connectivity index (χ1n) is 6.43. The van der Waals surface area contributed by atoms with Crippen LogP contribution in [0.3, 0.4) is 0 Å². The fourth-order valence-electron chi connectivity index (χ4n) is 1.56. The zero-order valence-electron chi connectivity index (χ0n) is 12.0. The Labute approximate surface area is 124 Å². The standard InChI is InChI=1S/C14H19NO5S/c1-3-20-11-10-15(2)21(18,19)13-7-4-12(5-8-13)6-9-14(16)17/h4-9H,3,10-11H2,1-2H3,(H,16,17)/b9-6+. The molecule has 0 aliphatic carbocycles. The zero-order valence-corrected chi connectivity index (χ0v) is 12.8. The highest BCUT2D eigenvalue weighted by Crippen LogP contribution is 2.15. The van der Waals surface area contributed by atoms with Crippen LogP contribution in [0.2, 0.25) is 0 Å². The Morgan fingerprint density at radius 2 is 1.95 bits per heavy atom. The maximum Gasteiger partial charge on any atom is 0.328 e. The predicted octanol–water partition coefficient (Wildman–Crippen LogP) is 1.44. The van der Waals surface area contributed by atoms with Crippen molar-refractivity contribution in [3.8, 4) is 0 Å². The van der Waals surface area contributed by atoms with Crippen LogP contribution in [0.15, 0.2) is 35.2 Å². The number of hydrogen-bond donors (Lipinski definition) is 1. The number of nitrogens with zero attached hydrogens (tertiary/aromatic N) is 1. The Hall–Kier alpha value is -1.70. The fourth-order valence-corrected chi connectivity index (χ4v) is 2.71. The Bertz CT molecular complexity index is 592. The summed E-state index contributed by atoms with van der Waals surface area (Å²) >= 11 is 0. The molecule has 0 bridgehead atoms. The van der Waals surface area contributed by atoms with Crippen molar-refractivity contribution in [2.24, 2.45) is 0 Å². The molecular weight excluding hydrogens is 294 g/mol. The minimum Gasteiger partial charge on any atom is -0.478 e. The molecule has 6 nitrogen and oxygen atoms in total. The molecule has 116 valence electrons. The van der Waals surface area contributed by atoms with Gasteiger partial charge in [-0.25, -0.2) is 13.2 Å². The van der Waals surface area contributed by atoms with Gasteiger partial charge in [0.15, 0.2) is 0 Å². The topological polar surface area (TPSA) is 83.9 Å². The summed E-state index contributed by atoms with van der Waals surface area (Å²) in [4.78, 5) is 10.6. The molecule has 0 saturated carbocycles. The monoisotopic (exact) mass is 313 g/mol. The lowest BCUT2D eigenvalue weighted by Crippen LogP contribution is -2.30. The Morgan fingerprint density at radius 1 is 1.33 bits per heavy atom. The number of ether oxygens (including phenoxy) is 1. The number of rotatable bonds is 8. The van der Waals surface area contributed by atoms with Crippen molar-refractivity contribution < 1.29 is 23.1 Å². The molecule has 0 aliphatic heterocycles. The highest BCUT2D eigenvalue weighted by atomic mass is 32.2. The van der Waals surface area contributed by atoms with Crippen molar-refractivity contribution >= 4 is 22.1 Å². The Balaban J connectivity index is 2.82. The molecule has 1 aromatic carbocycles. The molecule has 7 heteroatoms. The number of carboxylic acid groups (broad SMARTS) is 1. The zero-order chi connectivity index (χ0) is 15.9. The van der Waals surface area contributed by atoms with Crippen molar-refractivity contribution in [2.75, 3.05) is 26.8 Å². The van der Waals surface area contributed by atoms with Gasteiger partial charge in [0, 0.05) is 26.3 Å². The number of carboxylic acids is 1. The van der Waals surface area contributed by atoms with Crippen LogP contribution in [0.1, 0.15) is 12.5 Å². The van der Waals surface area contributed by atoms with E-state index < -0.39 is 16.0 Å². The molecule has 0 atom stereocenters. The summed E-state index contributed by atoms with van der Waals surface area (Å²) in [6, 6.07) is 6.02. The van der Waals surface area contributed by atoms with E-state index in [0.717, 1.165) is 6.08 Å². The van der Waals surface area contributed by atoms with E-state index in [9.17, 15) is 13.2 Å². The highest BCUT2D eigenvalue weighted by molar-refractivity contribution is 7.89. The molecule has 0 aliphatic rings. The van der Waals surface area contributed by atoms with Gasteiger partial charge in [-0.3, -0.25) is 0 Å². The smallest absolute Gasteiger partial charge is 0.328 e. The van der Waals surface area contributed by atoms with Crippen molar-refractivity contribution in [3.63, 3.8) is 0 Å². The molecular formula is C14H19NO5S. The largest absolute Gasteiger partial charge is 0.478 e. The van der Waals surface area contributed by atoms with E-state index in [1.54, 1.807) is 12.1 Å². The first-order chi connectivity index (χ1) is 9.87. The summed E-state index contributed by atoms with van der Waals surface area (Å²) in [5.41, 5.74) is 0.619. The van der Waals surface area contributed by atoms with E-state index in [0.29, 0.717) is 18.8 Å². The first kappa shape index (κ1) is 17.4. The minimum atomic E-state index is -3.55. The van der Waals surface area contributed by atoms with Gasteiger partial charge in [-0.1, -0.05) is 12.1 Å². The summed E-state index contributed by atoms with van der Waals surface area (Å²) in [5, 5.41) is 8.53. The second-order valence-corrected chi connectivity index (χ2v) is 6.31. The number of sulfonamides is 1. The molecule has 0 radical (unpaired) electrons. The van der Waals surface area contributed by atoms with Crippen LogP contribution in [0, 0.1) is 0 Å². The molecule has 0 heterocycles. The molecule has 0 aromatic heterocycles. The molecule has 21 heavy (non-hydrogen) atoms. The van der Waals surface area contributed by atoms with Crippen LogP contribution in [-0.2, 0) is 19.6 Å². The van der Waals surface area contributed by atoms with Crippen LogP contribution >= 0.6 is 0 Å². The predicted molar refractivity (Wildman–Crippen MR) is 79.4 cm³/mol. The fraction of sp³-hybridized carbons (Fsp3) is 0.357. The summed E-state index contributed by atoms with van der Waals surface area (Å²) in [5.74, 6) is -1.05. The number of aliphatic carboxylic acids is 1. The maximum atomic E-state index is 12.3. The summed E-state index contributed by atoms with van der Waals surface area (Å²) < 4.78 is 30.9. The van der Waals surface area contributed by atoms with E-state index in [1.807, 2.05) is 6.92 Å². The van der Waals surface area contributed by atoms with Crippen molar-refractivity contribution in [1.82, 2.24) is 4.31 Å². The highest BCUT2D eigenvalue weighted by Gasteiger charge is 2.19. The number of hydrogen-bond acceptors (Lipinski definition) is 4. The van der Waals surface area contributed by atoms with Gasteiger partial charge in [-0.15, -0.1) is 0 Å². The van der Waals surface area contributed by atoms with E-state index in [-0.39, 0.29) is 11.4 Å². The second-order valence-electron chi connectivity index (χ2n) is 4.26. The Kier molecular flexibility index (Phi) is 6.54. The van der Waals surface area contributed by atoms with Crippen LogP contribution in [0.5, 0.6) is 0 Å². The molecule has 0 fully saturated rings. The van der Waals surface area contributed by atoms with Crippen molar-refractivity contribution in [3.05, 3.63) is 35.9 Å². The molecule has 0 amide bonds. The minimum absolute atomic E-state index is 0.161. The van der Waals surface area contributed by atoms with Crippen molar-refractivity contribution in [2.45, 2.75) is 11.8 Å². The van der Waals surface area contributed by atoms with E-state index >= 15 is 0 Å². The van der Waals surface area contributed by atoms with Crippen LogP contribution in [-0.4, -0.2) is 50.6 Å². The van der Waals surface area contributed by atoms with Gasteiger partial charge in [0.1, 0.15) is 0 Å². The van der Waals surface area contributed by atoms with E-state index in [2.05, 4.69) is 0 Å². The molecule has 1 aromatic rings. The lowest BCUT2D eigenvalue weighted by atomic mass is 10.2. The molecule has 0 unspecified atom stereocenters. The van der Waals surface area contributed by atoms with Gasteiger partial charge < -0.3 is 9.84 Å². The van der Waals surface area contributed by atoms with Crippen molar-refractivity contribution in [1.29, 1.82) is 0 Å². The number of carbonyl (C=O) groups is 1. The Morgan fingerprint density at radius 3 is 2.48 bits per heavy atom. The summed E-state index contributed by atoms with van der Waals surface area (Å²) in [6.07, 6.45) is 2.40.